The average molecular weight is 487 g/mol. The van der Waals surface area contributed by atoms with Crippen molar-refractivity contribution in [3.05, 3.63) is 99.1 Å². The van der Waals surface area contributed by atoms with Crippen molar-refractivity contribution < 1.29 is 23.8 Å². The Morgan fingerprint density at radius 3 is 2.45 bits per heavy atom. The van der Waals surface area contributed by atoms with Gasteiger partial charge in [0.2, 0.25) is 0 Å². The molecule has 1 unspecified atom stereocenters. The van der Waals surface area contributed by atoms with E-state index in [0.29, 0.717) is 10.6 Å². The van der Waals surface area contributed by atoms with Crippen molar-refractivity contribution in [2.75, 3.05) is 7.11 Å². The van der Waals surface area contributed by atoms with Gasteiger partial charge in [0, 0.05) is 24.5 Å². The largest absolute Gasteiger partial charge is 0.507 e. The number of aliphatic hydroxyl groups excluding tert-OH is 1. The third-order valence-electron chi connectivity index (χ3n) is 5.33. The summed E-state index contributed by atoms with van der Waals surface area (Å²) in [5.41, 5.74) is 1.04. The highest BCUT2D eigenvalue weighted by molar-refractivity contribution is 6.46. The fourth-order valence-electron chi connectivity index (χ4n) is 3.73. The highest BCUT2D eigenvalue weighted by atomic mass is 35.5. The van der Waals surface area contributed by atoms with Crippen molar-refractivity contribution in [3.63, 3.8) is 0 Å². The maximum Gasteiger partial charge on any atom is 0.295 e. The molecular weight excluding hydrogens is 470 g/mol. The summed E-state index contributed by atoms with van der Waals surface area (Å²) in [5.74, 6) is -2.96. The first kappa shape index (κ1) is 22.8. The molecule has 0 aliphatic carbocycles. The van der Waals surface area contributed by atoms with E-state index in [9.17, 15) is 19.1 Å². The van der Waals surface area contributed by atoms with E-state index >= 15 is 0 Å². The Bertz CT molecular complexity index is 1280. The second-order valence-corrected chi connectivity index (χ2v) is 8.12. The third kappa shape index (κ3) is 4.29. The van der Waals surface area contributed by atoms with Crippen LogP contribution in [0, 0.1) is 5.82 Å². The van der Waals surface area contributed by atoms with Crippen LogP contribution in [0.1, 0.15) is 22.7 Å². The van der Waals surface area contributed by atoms with Gasteiger partial charge < -0.3 is 14.7 Å². The standard InChI is InChI=1S/C24H17Cl2FN2O4/c1-33-19-5-3-15(11-18(19)27)22(30)20-21(14-2-4-16(25)17(26)10-14)29(24(32)23(20)31)12-13-6-8-28-9-7-13/h2-11,21,30H,12H2,1H3. The second kappa shape index (κ2) is 9.21. The Labute approximate surface area is 198 Å². The number of carbonyl (C=O) groups is 2. The Kier molecular flexibility index (Phi) is 6.35. The minimum absolute atomic E-state index is 0.0225. The van der Waals surface area contributed by atoms with Crippen LogP contribution in [0.4, 0.5) is 4.39 Å². The molecule has 1 saturated heterocycles. The van der Waals surface area contributed by atoms with Crippen molar-refractivity contribution in [1.29, 1.82) is 0 Å². The van der Waals surface area contributed by atoms with Gasteiger partial charge in [0.15, 0.2) is 11.6 Å². The molecule has 0 bridgehead atoms. The molecule has 1 aromatic heterocycles. The van der Waals surface area contributed by atoms with Crippen molar-refractivity contribution >= 4 is 40.7 Å². The van der Waals surface area contributed by atoms with Gasteiger partial charge >= 0.3 is 0 Å². The molecule has 1 aliphatic rings. The number of ketones is 1. The van der Waals surface area contributed by atoms with Gasteiger partial charge in [-0.2, -0.15) is 0 Å². The minimum atomic E-state index is -0.974. The SMILES string of the molecule is COc1ccc(C(O)=C2C(=O)C(=O)N(Cc3ccncc3)C2c2ccc(Cl)c(Cl)c2)cc1F. The number of rotatable bonds is 5. The second-order valence-electron chi connectivity index (χ2n) is 7.31. The lowest BCUT2D eigenvalue weighted by atomic mass is 9.95. The summed E-state index contributed by atoms with van der Waals surface area (Å²) in [4.78, 5) is 31.4. The van der Waals surface area contributed by atoms with Gasteiger partial charge in [0.1, 0.15) is 5.76 Å². The van der Waals surface area contributed by atoms with Gasteiger partial charge in [-0.05, 0) is 53.6 Å². The molecule has 1 N–H and O–H groups in total. The summed E-state index contributed by atoms with van der Waals surface area (Å²) in [5, 5.41) is 11.6. The van der Waals surface area contributed by atoms with Crippen molar-refractivity contribution in [1.82, 2.24) is 9.88 Å². The number of amides is 1. The normalized spacial score (nSPS) is 17.5. The van der Waals surface area contributed by atoms with E-state index < -0.39 is 29.3 Å². The summed E-state index contributed by atoms with van der Waals surface area (Å²) < 4.78 is 19.2. The Hall–Kier alpha value is -3.42. The molecule has 1 aliphatic heterocycles. The molecular formula is C24H17Cl2FN2O4. The lowest BCUT2D eigenvalue weighted by Gasteiger charge is -2.25. The summed E-state index contributed by atoms with van der Waals surface area (Å²) in [7, 11) is 1.31. The molecule has 0 radical (unpaired) electrons. The Balaban J connectivity index is 1.88. The van der Waals surface area contributed by atoms with Gasteiger partial charge in [0.05, 0.1) is 28.8 Å². The van der Waals surface area contributed by atoms with E-state index in [0.717, 1.165) is 11.6 Å². The number of Topliss-reactive ketones (excluding diaryl/α,β-unsaturated/α-hetero) is 1. The molecule has 3 aromatic rings. The average Bonchev–Trinajstić information content (AvgIpc) is 3.06. The smallest absolute Gasteiger partial charge is 0.295 e. The minimum Gasteiger partial charge on any atom is -0.507 e. The highest BCUT2D eigenvalue weighted by Gasteiger charge is 2.46. The first-order valence-electron chi connectivity index (χ1n) is 9.78. The van der Waals surface area contributed by atoms with Crippen LogP contribution >= 0.6 is 23.2 Å². The van der Waals surface area contributed by atoms with Gasteiger partial charge in [-0.3, -0.25) is 14.6 Å². The van der Waals surface area contributed by atoms with Gasteiger partial charge in [-0.25, -0.2) is 4.39 Å². The molecule has 6 nitrogen and oxygen atoms in total. The number of aromatic nitrogens is 1. The van der Waals surface area contributed by atoms with Crippen molar-refractivity contribution in [2.24, 2.45) is 0 Å². The predicted octanol–water partition coefficient (Wildman–Crippen LogP) is 5.16. The monoisotopic (exact) mass is 486 g/mol. The van der Waals surface area contributed by atoms with E-state index in [2.05, 4.69) is 4.98 Å². The van der Waals surface area contributed by atoms with E-state index in [1.54, 1.807) is 36.7 Å². The third-order valence-corrected chi connectivity index (χ3v) is 6.07. The molecule has 9 heteroatoms. The van der Waals surface area contributed by atoms with Crippen LogP contribution in [0.25, 0.3) is 5.76 Å². The number of halogens is 3. The number of hydrogen-bond donors (Lipinski definition) is 1. The molecule has 168 valence electrons. The summed E-state index contributed by atoms with van der Waals surface area (Å²) in [6.45, 7) is 0.0752. The number of aliphatic hydroxyl groups is 1. The van der Waals surface area contributed by atoms with Crippen LogP contribution in [-0.2, 0) is 16.1 Å². The van der Waals surface area contributed by atoms with Gasteiger partial charge in [0.25, 0.3) is 11.7 Å². The summed E-state index contributed by atoms with van der Waals surface area (Å²) in [6, 6.07) is 10.9. The zero-order valence-corrected chi connectivity index (χ0v) is 18.8. The number of hydrogen-bond acceptors (Lipinski definition) is 5. The number of benzene rings is 2. The van der Waals surface area contributed by atoms with Crippen LogP contribution < -0.4 is 4.74 Å². The number of carbonyl (C=O) groups excluding carboxylic acids is 2. The predicted molar refractivity (Wildman–Crippen MR) is 121 cm³/mol. The fourth-order valence-corrected chi connectivity index (χ4v) is 4.03. The van der Waals surface area contributed by atoms with E-state index in [-0.39, 0.29) is 28.5 Å². The summed E-state index contributed by atoms with van der Waals surface area (Å²) in [6.07, 6.45) is 3.14. The maximum atomic E-state index is 14.3. The fraction of sp³-hybridized carbons (Fsp3) is 0.125. The van der Waals surface area contributed by atoms with E-state index in [1.807, 2.05) is 0 Å². The molecule has 2 heterocycles. The van der Waals surface area contributed by atoms with E-state index in [4.69, 9.17) is 27.9 Å². The first-order chi connectivity index (χ1) is 15.8. The van der Waals surface area contributed by atoms with Crippen LogP contribution in [-0.4, -0.2) is 33.8 Å². The number of likely N-dealkylation sites (tertiary alicyclic amines) is 1. The van der Waals surface area contributed by atoms with Crippen LogP contribution in [0.5, 0.6) is 5.75 Å². The quantitative estimate of drug-likeness (QED) is 0.306. The van der Waals surface area contributed by atoms with Gasteiger partial charge in [-0.15, -0.1) is 0 Å². The number of nitrogens with zero attached hydrogens (tertiary/aromatic N) is 2. The van der Waals surface area contributed by atoms with Crippen molar-refractivity contribution in [2.45, 2.75) is 12.6 Å². The van der Waals surface area contributed by atoms with Crippen LogP contribution in [0.2, 0.25) is 10.0 Å². The van der Waals surface area contributed by atoms with Crippen LogP contribution in [0.3, 0.4) is 0 Å². The maximum absolute atomic E-state index is 14.3. The molecule has 33 heavy (non-hydrogen) atoms. The lowest BCUT2D eigenvalue weighted by Crippen LogP contribution is -2.29. The highest BCUT2D eigenvalue weighted by Crippen LogP contribution is 2.42. The molecule has 1 fully saturated rings. The lowest BCUT2D eigenvalue weighted by molar-refractivity contribution is -0.140. The molecule has 1 amide bonds. The van der Waals surface area contributed by atoms with E-state index in [1.165, 1.54) is 30.2 Å². The number of ether oxygens (including phenoxy) is 1. The van der Waals surface area contributed by atoms with Crippen molar-refractivity contribution in [3.8, 4) is 5.75 Å². The molecule has 0 saturated carbocycles. The Morgan fingerprint density at radius 2 is 1.82 bits per heavy atom. The number of pyridine rings is 1. The Morgan fingerprint density at radius 1 is 1.09 bits per heavy atom. The van der Waals surface area contributed by atoms with Crippen LogP contribution in [0.15, 0.2) is 66.5 Å². The molecule has 1 atom stereocenters. The first-order valence-corrected chi connectivity index (χ1v) is 10.5. The molecule has 2 aromatic carbocycles. The van der Waals surface area contributed by atoms with Gasteiger partial charge in [-0.1, -0.05) is 29.3 Å². The molecule has 4 rings (SSSR count). The summed E-state index contributed by atoms with van der Waals surface area (Å²) >= 11 is 12.3. The zero-order valence-electron chi connectivity index (χ0n) is 17.3. The number of methoxy groups -OCH3 is 1. The molecule has 0 spiro atoms. The topological polar surface area (TPSA) is 79.7 Å². The zero-order chi connectivity index (χ0) is 23.7.